The lowest BCUT2D eigenvalue weighted by atomic mass is 9.93. The molecule has 1 aliphatic heterocycles. The molecule has 0 spiro atoms. The summed E-state index contributed by atoms with van der Waals surface area (Å²) in [5.74, 6) is -0.179. The van der Waals surface area contributed by atoms with Gasteiger partial charge >= 0.3 is 0 Å². The van der Waals surface area contributed by atoms with E-state index in [9.17, 15) is 9.90 Å². The molecule has 3 N–H and O–H groups in total. The fourth-order valence-corrected chi connectivity index (χ4v) is 2.39. The molecule has 0 bridgehead atoms. The minimum atomic E-state index is -0.871. The lowest BCUT2D eigenvalue weighted by Gasteiger charge is -2.35. The Hall–Kier alpha value is -1.66. The van der Waals surface area contributed by atoms with Crippen molar-refractivity contribution >= 4 is 11.6 Å². The van der Waals surface area contributed by atoms with Crippen molar-refractivity contribution in [1.29, 1.82) is 0 Å². The molecule has 0 aromatic carbocycles. The number of rotatable bonds is 3. The number of anilines is 1. The molecule has 0 atom stereocenters. The van der Waals surface area contributed by atoms with Gasteiger partial charge in [0.15, 0.2) is 0 Å². The Balaban J connectivity index is 2.10. The average molecular weight is 279 g/mol. The molecule has 1 saturated heterocycles. The van der Waals surface area contributed by atoms with Gasteiger partial charge in [0.05, 0.1) is 28.7 Å². The Labute approximate surface area is 118 Å². The van der Waals surface area contributed by atoms with E-state index in [1.54, 1.807) is 20.0 Å². The molecule has 1 amide bonds. The first kappa shape index (κ1) is 14.7. The van der Waals surface area contributed by atoms with Crippen molar-refractivity contribution < 1.29 is 14.6 Å². The lowest BCUT2D eigenvalue weighted by molar-refractivity contribution is -0.0734. The van der Waals surface area contributed by atoms with E-state index in [0.717, 1.165) is 0 Å². The molecule has 1 aromatic heterocycles. The highest BCUT2D eigenvalue weighted by Gasteiger charge is 2.32. The third-order valence-corrected chi connectivity index (χ3v) is 3.64. The van der Waals surface area contributed by atoms with E-state index in [4.69, 9.17) is 10.5 Å². The van der Waals surface area contributed by atoms with Crippen LogP contribution in [0.2, 0.25) is 0 Å². The van der Waals surface area contributed by atoms with Gasteiger partial charge in [0.25, 0.3) is 5.91 Å². The summed E-state index contributed by atoms with van der Waals surface area (Å²) < 4.78 is 5.24. The molecule has 110 valence electrons. The van der Waals surface area contributed by atoms with Gasteiger partial charge in [0, 0.05) is 39.6 Å². The SMILES string of the molecule is Cc1ncc(N)cc1C(=O)N(C)CC1(O)CCOCC1. The van der Waals surface area contributed by atoms with Crippen LogP contribution in [0.25, 0.3) is 0 Å². The van der Waals surface area contributed by atoms with Crippen LogP contribution in [-0.2, 0) is 4.74 Å². The second kappa shape index (κ2) is 5.76. The molecule has 1 fully saturated rings. The number of aliphatic hydroxyl groups is 1. The van der Waals surface area contributed by atoms with Gasteiger partial charge in [-0.2, -0.15) is 0 Å². The van der Waals surface area contributed by atoms with Gasteiger partial charge in [-0.1, -0.05) is 0 Å². The summed E-state index contributed by atoms with van der Waals surface area (Å²) in [6.45, 7) is 3.10. The number of carbonyl (C=O) groups excluding carboxylic acids is 1. The van der Waals surface area contributed by atoms with Crippen LogP contribution in [0.1, 0.15) is 28.9 Å². The number of amides is 1. The number of nitrogen functional groups attached to an aromatic ring is 1. The van der Waals surface area contributed by atoms with Gasteiger partial charge in [-0.05, 0) is 13.0 Å². The van der Waals surface area contributed by atoms with Gasteiger partial charge in [-0.25, -0.2) is 0 Å². The van der Waals surface area contributed by atoms with Crippen LogP contribution < -0.4 is 5.73 Å². The molecule has 2 heterocycles. The maximum Gasteiger partial charge on any atom is 0.255 e. The van der Waals surface area contributed by atoms with Crippen molar-refractivity contribution in [3.63, 3.8) is 0 Å². The molecular weight excluding hydrogens is 258 g/mol. The van der Waals surface area contributed by atoms with E-state index in [-0.39, 0.29) is 12.5 Å². The number of aryl methyl sites for hydroxylation is 1. The van der Waals surface area contributed by atoms with Crippen LogP contribution in [0.4, 0.5) is 5.69 Å². The number of likely N-dealkylation sites (N-methyl/N-ethyl adjacent to an activating group) is 1. The lowest BCUT2D eigenvalue weighted by Crippen LogP contribution is -2.47. The first-order valence-corrected chi connectivity index (χ1v) is 6.69. The number of nitrogens with two attached hydrogens (primary N) is 1. The number of aromatic nitrogens is 1. The van der Waals surface area contributed by atoms with E-state index in [1.807, 2.05) is 0 Å². The fourth-order valence-electron chi connectivity index (χ4n) is 2.39. The summed E-state index contributed by atoms with van der Waals surface area (Å²) in [7, 11) is 1.68. The maximum atomic E-state index is 12.4. The predicted octanol–water partition coefficient (Wildman–Crippen LogP) is 0.586. The van der Waals surface area contributed by atoms with Crippen LogP contribution in [0.5, 0.6) is 0 Å². The van der Waals surface area contributed by atoms with E-state index >= 15 is 0 Å². The zero-order chi connectivity index (χ0) is 14.8. The van der Waals surface area contributed by atoms with E-state index in [0.29, 0.717) is 43.0 Å². The van der Waals surface area contributed by atoms with Gasteiger partial charge < -0.3 is 20.5 Å². The van der Waals surface area contributed by atoms with E-state index < -0.39 is 5.60 Å². The number of ether oxygens (including phenoxy) is 1. The molecule has 20 heavy (non-hydrogen) atoms. The van der Waals surface area contributed by atoms with Crippen molar-refractivity contribution in [2.45, 2.75) is 25.4 Å². The molecule has 0 unspecified atom stereocenters. The first-order valence-electron chi connectivity index (χ1n) is 6.69. The molecule has 1 aromatic rings. The molecule has 0 saturated carbocycles. The normalized spacial score (nSPS) is 17.8. The highest BCUT2D eigenvalue weighted by Crippen LogP contribution is 2.22. The second-order valence-corrected chi connectivity index (χ2v) is 5.40. The van der Waals surface area contributed by atoms with Gasteiger partial charge in [0.1, 0.15) is 0 Å². The minimum Gasteiger partial charge on any atom is -0.397 e. The summed E-state index contributed by atoms with van der Waals surface area (Å²) >= 11 is 0. The van der Waals surface area contributed by atoms with Crippen LogP contribution in [-0.4, -0.2) is 53.3 Å². The Morgan fingerprint density at radius 3 is 2.85 bits per heavy atom. The largest absolute Gasteiger partial charge is 0.397 e. The van der Waals surface area contributed by atoms with E-state index in [2.05, 4.69) is 4.98 Å². The van der Waals surface area contributed by atoms with Gasteiger partial charge in [0.2, 0.25) is 0 Å². The molecule has 6 heteroatoms. The summed E-state index contributed by atoms with van der Waals surface area (Å²) in [5, 5.41) is 10.4. The molecule has 6 nitrogen and oxygen atoms in total. The Morgan fingerprint density at radius 1 is 1.55 bits per heavy atom. The number of hydrogen-bond acceptors (Lipinski definition) is 5. The first-order chi connectivity index (χ1) is 9.41. The topological polar surface area (TPSA) is 88.7 Å². The molecular formula is C14H21N3O3. The predicted molar refractivity (Wildman–Crippen MR) is 75.3 cm³/mol. The quantitative estimate of drug-likeness (QED) is 0.845. The van der Waals surface area contributed by atoms with Gasteiger partial charge in [-0.3, -0.25) is 9.78 Å². The van der Waals surface area contributed by atoms with Crippen LogP contribution >= 0.6 is 0 Å². The summed E-state index contributed by atoms with van der Waals surface area (Å²) in [6, 6.07) is 1.62. The monoisotopic (exact) mass is 279 g/mol. The highest BCUT2D eigenvalue weighted by atomic mass is 16.5. The van der Waals surface area contributed by atoms with Crippen molar-refractivity contribution in [1.82, 2.24) is 9.88 Å². The summed E-state index contributed by atoms with van der Waals surface area (Å²) in [4.78, 5) is 18.0. The molecule has 0 radical (unpaired) electrons. The highest BCUT2D eigenvalue weighted by molar-refractivity contribution is 5.95. The van der Waals surface area contributed by atoms with Crippen LogP contribution in [0.3, 0.4) is 0 Å². The summed E-state index contributed by atoms with van der Waals surface area (Å²) in [5.41, 5.74) is 6.37. The smallest absolute Gasteiger partial charge is 0.255 e. The Morgan fingerprint density at radius 2 is 2.20 bits per heavy atom. The molecule has 2 rings (SSSR count). The number of nitrogens with zero attached hydrogens (tertiary/aromatic N) is 2. The average Bonchev–Trinajstić information content (AvgIpc) is 2.41. The van der Waals surface area contributed by atoms with Crippen molar-refractivity contribution in [2.24, 2.45) is 0 Å². The standard InChI is InChI=1S/C14H21N3O3/c1-10-12(7-11(15)8-16-10)13(18)17(2)9-14(19)3-5-20-6-4-14/h7-8,19H,3-6,9,15H2,1-2H3. The zero-order valence-electron chi connectivity index (χ0n) is 11.9. The van der Waals surface area contributed by atoms with Crippen LogP contribution in [0.15, 0.2) is 12.3 Å². The number of carbonyl (C=O) groups is 1. The zero-order valence-corrected chi connectivity index (χ0v) is 11.9. The van der Waals surface area contributed by atoms with Crippen molar-refractivity contribution in [3.05, 3.63) is 23.5 Å². The van der Waals surface area contributed by atoms with Crippen LogP contribution in [0, 0.1) is 6.92 Å². The third-order valence-electron chi connectivity index (χ3n) is 3.64. The Kier molecular flexibility index (Phi) is 4.25. The summed E-state index contributed by atoms with van der Waals surface area (Å²) in [6.07, 6.45) is 2.61. The minimum absolute atomic E-state index is 0.179. The number of hydrogen-bond donors (Lipinski definition) is 2. The third kappa shape index (κ3) is 3.26. The maximum absolute atomic E-state index is 12.4. The van der Waals surface area contributed by atoms with Crippen molar-refractivity contribution in [2.75, 3.05) is 32.5 Å². The van der Waals surface area contributed by atoms with E-state index in [1.165, 1.54) is 11.1 Å². The molecule has 1 aliphatic rings. The molecule has 0 aliphatic carbocycles. The number of pyridine rings is 1. The second-order valence-electron chi connectivity index (χ2n) is 5.40. The van der Waals surface area contributed by atoms with Gasteiger partial charge in [-0.15, -0.1) is 0 Å². The Bertz CT molecular complexity index is 498. The fraction of sp³-hybridized carbons (Fsp3) is 0.571. The van der Waals surface area contributed by atoms with Crippen molar-refractivity contribution in [3.8, 4) is 0 Å².